The molecule has 0 saturated heterocycles. The normalized spacial score (nSPS) is 10.3. The minimum absolute atomic E-state index is 0.106. The smallest absolute Gasteiger partial charge is 0.255 e. The van der Waals surface area contributed by atoms with Gasteiger partial charge in [0.2, 0.25) is 0 Å². The van der Waals surface area contributed by atoms with Crippen molar-refractivity contribution >= 4 is 21.8 Å². The molecule has 0 unspecified atom stereocenters. The first-order valence-electron chi connectivity index (χ1n) is 7.60. The molecule has 0 bridgehead atoms. The summed E-state index contributed by atoms with van der Waals surface area (Å²) in [6.45, 7) is 1.93. The molecule has 5 heteroatoms. The number of amides is 1. The number of para-hydroxylation sites is 1. The molecule has 122 valence electrons. The average molecular weight is 377 g/mol. The van der Waals surface area contributed by atoms with Crippen LogP contribution in [0.4, 0.5) is 0 Å². The lowest BCUT2D eigenvalue weighted by molar-refractivity contribution is 0.0948. The summed E-state index contributed by atoms with van der Waals surface area (Å²) in [5, 5.41) is 5.97. The molecule has 2 aromatic carbocycles. The van der Waals surface area contributed by atoms with E-state index in [-0.39, 0.29) is 5.91 Å². The molecule has 0 saturated carbocycles. The summed E-state index contributed by atoms with van der Waals surface area (Å²) in [5.74, 6) is 0.490. The molecule has 2 rings (SSSR count). The number of halogens is 1. The second-order valence-electron chi connectivity index (χ2n) is 5.13. The Kier molecular flexibility index (Phi) is 7.10. The van der Waals surface area contributed by atoms with Crippen LogP contribution in [0.5, 0.6) is 5.75 Å². The maximum absolute atomic E-state index is 12.3. The van der Waals surface area contributed by atoms with E-state index < -0.39 is 0 Å². The summed E-state index contributed by atoms with van der Waals surface area (Å²) in [6, 6.07) is 15.2. The molecule has 0 spiro atoms. The van der Waals surface area contributed by atoms with Gasteiger partial charge in [-0.3, -0.25) is 4.79 Å². The van der Waals surface area contributed by atoms with E-state index in [0.717, 1.165) is 23.0 Å². The molecule has 0 fully saturated rings. The Bertz CT molecular complexity index is 646. The second kappa shape index (κ2) is 9.33. The van der Waals surface area contributed by atoms with Crippen LogP contribution in [-0.2, 0) is 6.61 Å². The van der Waals surface area contributed by atoms with Crippen molar-refractivity contribution in [2.24, 2.45) is 0 Å². The Morgan fingerprint density at radius 3 is 2.74 bits per heavy atom. The largest absolute Gasteiger partial charge is 0.488 e. The molecule has 0 aliphatic heterocycles. The number of ether oxygens (including phenoxy) is 1. The van der Waals surface area contributed by atoms with E-state index in [9.17, 15) is 4.79 Å². The van der Waals surface area contributed by atoms with E-state index in [0.29, 0.717) is 24.5 Å². The van der Waals surface area contributed by atoms with Crippen molar-refractivity contribution in [2.75, 3.05) is 20.1 Å². The third kappa shape index (κ3) is 5.69. The lowest BCUT2D eigenvalue weighted by atomic mass is 10.2. The summed E-state index contributed by atoms with van der Waals surface area (Å²) in [5.41, 5.74) is 1.61. The number of hydrogen-bond donors (Lipinski definition) is 2. The molecule has 0 aliphatic rings. The van der Waals surface area contributed by atoms with Crippen LogP contribution < -0.4 is 15.4 Å². The number of rotatable bonds is 8. The molecular weight excluding hydrogens is 356 g/mol. The standard InChI is InChI=1S/C18H21BrN2O2/c1-20-10-5-11-21-18(22)16-8-2-3-9-17(16)23-13-14-6-4-7-15(19)12-14/h2-4,6-9,12,20H,5,10-11,13H2,1H3,(H,21,22). The van der Waals surface area contributed by atoms with Gasteiger partial charge in [0.05, 0.1) is 5.56 Å². The van der Waals surface area contributed by atoms with Crippen molar-refractivity contribution in [3.8, 4) is 5.75 Å². The fourth-order valence-corrected chi connectivity index (χ4v) is 2.58. The molecule has 0 heterocycles. The van der Waals surface area contributed by atoms with Gasteiger partial charge in [0.25, 0.3) is 5.91 Å². The zero-order chi connectivity index (χ0) is 16.5. The maximum Gasteiger partial charge on any atom is 0.255 e. The monoisotopic (exact) mass is 376 g/mol. The molecule has 23 heavy (non-hydrogen) atoms. The Hall–Kier alpha value is -1.85. The predicted molar refractivity (Wildman–Crippen MR) is 95.8 cm³/mol. The highest BCUT2D eigenvalue weighted by Gasteiger charge is 2.11. The highest BCUT2D eigenvalue weighted by molar-refractivity contribution is 9.10. The van der Waals surface area contributed by atoms with Gasteiger partial charge >= 0.3 is 0 Å². The van der Waals surface area contributed by atoms with Crippen LogP contribution in [0, 0.1) is 0 Å². The summed E-state index contributed by atoms with van der Waals surface area (Å²) in [7, 11) is 1.90. The van der Waals surface area contributed by atoms with Crippen LogP contribution in [0.15, 0.2) is 53.0 Å². The summed E-state index contributed by atoms with van der Waals surface area (Å²) >= 11 is 3.44. The third-order valence-electron chi connectivity index (χ3n) is 3.30. The first kappa shape index (κ1) is 17.5. The third-order valence-corrected chi connectivity index (χ3v) is 3.80. The second-order valence-corrected chi connectivity index (χ2v) is 6.04. The van der Waals surface area contributed by atoms with Gasteiger partial charge in [-0.1, -0.05) is 40.2 Å². The number of carbonyl (C=O) groups is 1. The van der Waals surface area contributed by atoms with Gasteiger partial charge in [-0.25, -0.2) is 0 Å². The highest BCUT2D eigenvalue weighted by Crippen LogP contribution is 2.20. The van der Waals surface area contributed by atoms with E-state index in [4.69, 9.17) is 4.74 Å². The minimum Gasteiger partial charge on any atom is -0.488 e. The minimum atomic E-state index is -0.106. The van der Waals surface area contributed by atoms with Crippen molar-refractivity contribution in [2.45, 2.75) is 13.0 Å². The van der Waals surface area contributed by atoms with Crippen LogP contribution in [0.3, 0.4) is 0 Å². The topological polar surface area (TPSA) is 50.4 Å². The summed E-state index contributed by atoms with van der Waals surface area (Å²) < 4.78 is 6.84. The molecule has 2 N–H and O–H groups in total. The van der Waals surface area contributed by atoms with E-state index in [2.05, 4.69) is 26.6 Å². The van der Waals surface area contributed by atoms with Crippen molar-refractivity contribution in [3.05, 3.63) is 64.1 Å². The Morgan fingerprint density at radius 2 is 1.96 bits per heavy atom. The van der Waals surface area contributed by atoms with Crippen molar-refractivity contribution in [1.82, 2.24) is 10.6 Å². The van der Waals surface area contributed by atoms with E-state index in [1.54, 1.807) is 6.07 Å². The molecule has 4 nitrogen and oxygen atoms in total. The highest BCUT2D eigenvalue weighted by atomic mass is 79.9. The molecular formula is C18H21BrN2O2. The average Bonchev–Trinajstić information content (AvgIpc) is 2.57. The Labute approximate surface area is 145 Å². The van der Waals surface area contributed by atoms with Gasteiger partial charge < -0.3 is 15.4 Å². The van der Waals surface area contributed by atoms with Crippen LogP contribution in [0.25, 0.3) is 0 Å². The Morgan fingerprint density at radius 1 is 1.13 bits per heavy atom. The van der Waals surface area contributed by atoms with Gasteiger partial charge in [-0.15, -0.1) is 0 Å². The van der Waals surface area contributed by atoms with Gasteiger partial charge in [-0.05, 0) is 49.8 Å². The zero-order valence-corrected chi connectivity index (χ0v) is 14.7. The first-order valence-corrected chi connectivity index (χ1v) is 8.39. The molecule has 0 radical (unpaired) electrons. The fraction of sp³-hybridized carbons (Fsp3) is 0.278. The van der Waals surface area contributed by atoms with Crippen LogP contribution >= 0.6 is 15.9 Å². The molecule has 0 aliphatic carbocycles. The van der Waals surface area contributed by atoms with Gasteiger partial charge in [0.1, 0.15) is 12.4 Å². The lowest BCUT2D eigenvalue weighted by Gasteiger charge is -2.12. The van der Waals surface area contributed by atoms with E-state index >= 15 is 0 Å². The van der Waals surface area contributed by atoms with Gasteiger partial charge in [-0.2, -0.15) is 0 Å². The summed E-state index contributed by atoms with van der Waals surface area (Å²) in [6.07, 6.45) is 0.892. The van der Waals surface area contributed by atoms with Crippen LogP contribution in [-0.4, -0.2) is 26.0 Å². The van der Waals surface area contributed by atoms with Gasteiger partial charge in [0.15, 0.2) is 0 Å². The SMILES string of the molecule is CNCCCNC(=O)c1ccccc1OCc1cccc(Br)c1. The maximum atomic E-state index is 12.3. The predicted octanol–water partition coefficient (Wildman–Crippen LogP) is 3.37. The zero-order valence-electron chi connectivity index (χ0n) is 13.1. The number of carbonyl (C=O) groups excluding carboxylic acids is 1. The van der Waals surface area contributed by atoms with Crippen molar-refractivity contribution < 1.29 is 9.53 Å². The molecule has 0 atom stereocenters. The quantitative estimate of drug-likeness (QED) is 0.694. The lowest BCUT2D eigenvalue weighted by Crippen LogP contribution is -2.27. The van der Waals surface area contributed by atoms with E-state index in [1.165, 1.54) is 0 Å². The molecule has 2 aromatic rings. The molecule has 1 amide bonds. The number of nitrogens with one attached hydrogen (secondary N) is 2. The van der Waals surface area contributed by atoms with Crippen LogP contribution in [0.1, 0.15) is 22.3 Å². The van der Waals surface area contributed by atoms with Gasteiger partial charge in [0, 0.05) is 11.0 Å². The first-order chi connectivity index (χ1) is 11.2. The van der Waals surface area contributed by atoms with Crippen molar-refractivity contribution in [3.63, 3.8) is 0 Å². The Balaban J connectivity index is 1.98. The molecule has 0 aromatic heterocycles. The van der Waals surface area contributed by atoms with Crippen LogP contribution in [0.2, 0.25) is 0 Å². The number of hydrogen-bond acceptors (Lipinski definition) is 3. The van der Waals surface area contributed by atoms with E-state index in [1.807, 2.05) is 49.5 Å². The fourth-order valence-electron chi connectivity index (χ4n) is 2.13. The number of benzene rings is 2. The van der Waals surface area contributed by atoms with Crippen molar-refractivity contribution in [1.29, 1.82) is 0 Å². The summed E-state index contributed by atoms with van der Waals surface area (Å²) in [4.78, 5) is 12.3.